The molecule has 0 saturated heterocycles. The van der Waals surface area contributed by atoms with Crippen LogP contribution in [0.5, 0.6) is 0 Å². The molecule has 0 aliphatic heterocycles. The van der Waals surface area contributed by atoms with Gasteiger partial charge >= 0.3 is 0 Å². The third kappa shape index (κ3) is 3.64. The zero-order valence-electron chi connectivity index (χ0n) is 7.63. The highest BCUT2D eigenvalue weighted by Gasteiger charge is 2.13. The van der Waals surface area contributed by atoms with Crippen LogP contribution in [-0.2, 0) is 4.79 Å². The second kappa shape index (κ2) is 5.05. The highest BCUT2D eigenvalue weighted by molar-refractivity contribution is 7.80. The maximum Gasteiger partial charge on any atom is 0.233 e. The van der Waals surface area contributed by atoms with E-state index >= 15 is 0 Å². The highest BCUT2D eigenvalue weighted by atomic mass is 32.1. The summed E-state index contributed by atoms with van der Waals surface area (Å²) in [6, 6.07) is -0.0442. The molecule has 0 aliphatic rings. The van der Waals surface area contributed by atoms with E-state index in [9.17, 15) is 4.79 Å². The van der Waals surface area contributed by atoms with E-state index in [4.69, 9.17) is 18.0 Å². The maximum atomic E-state index is 10.9. The Labute approximate surface area is 78.1 Å². The molecule has 0 saturated carbocycles. The van der Waals surface area contributed by atoms with Crippen LogP contribution in [0.1, 0.15) is 6.92 Å². The zero-order chi connectivity index (χ0) is 9.72. The first kappa shape index (κ1) is 11.3. The molecule has 0 aromatic heterocycles. The van der Waals surface area contributed by atoms with Crippen molar-refractivity contribution in [1.29, 1.82) is 0 Å². The summed E-state index contributed by atoms with van der Waals surface area (Å²) in [5, 5.41) is 2.52. The number of carbonyl (C=O) groups is 1. The summed E-state index contributed by atoms with van der Waals surface area (Å²) in [5.41, 5.74) is 5.41. The lowest BCUT2D eigenvalue weighted by Crippen LogP contribution is -2.43. The summed E-state index contributed by atoms with van der Waals surface area (Å²) in [4.78, 5) is 13.1. The van der Waals surface area contributed by atoms with Crippen LogP contribution in [0, 0.1) is 0 Å². The third-order valence-electron chi connectivity index (χ3n) is 1.74. The fourth-order valence-electron chi connectivity index (χ4n) is 0.660. The van der Waals surface area contributed by atoms with Crippen LogP contribution in [-0.4, -0.2) is 42.5 Å². The Bertz CT molecular complexity index is 183. The van der Waals surface area contributed by atoms with Gasteiger partial charge < -0.3 is 11.1 Å². The van der Waals surface area contributed by atoms with Crippen molar-refractivity contribution in [2.75, 3.05) is 20.6 Å². The predicted molar refractivity (Wildman–Crippen MR) is 52.9 cm³/mol. The van der Waals surface area contributed by atoms with Crippen LogP contribution in [0.4, 0.5) is 0 Å². The quantitative estimate of drug-likeness (QED) is 0.576. The first-order chi connectivity index (χ1) is 5.49. The minimum Gasteiger partial charge on any atom is -0.392 e. The number of nitrogens with two attached hydrogens (primary N) is 1. The molecule has 1 unspecified atom stereocenters. The van der Waals surface area contributed by atoms with Crippen LogP contribution in [0.3, 0.4) is 0 Å². The molecule has 0 heterocycles. The van der Waals surface area contributed by atoms with E-state index in [1.807, 2.05) is 6.92 Å². The van der Waals surface area contributed by atoms with Crippen LogP contribution in [0.15, 0.2) is 0 Å². The smallest absolute Gasteiger partial charge is 0.233 e. The molecule has 0 bridgehead atoms. The van der Waals surface area contributed by atoms with Gasteiger partial charge in [-0.3, -0.25) is 9.69 Å². The van der Waals surface area contributed by atoms with Gasteiger partial charge in [-0.05, 0) is 14.0 Å². The molecule has 12 heavy (non-hydrogen) atoms. The van der Waals surface area contributed by atoms with Gasteiger partial charge in [0.1, 0.15) is 0 Å². The molecular formula is C7H15N3OS. The topological polar surface area (TPSA) is 58.4 Å². The molecule has 0 aromatic rings. The Kier molecular flexibility index (Phi) is 4.77. The molecule has 4 nitrogen and oxygen atoms in total. The first-order valence-electron chi connectivity index (χ1n) is 3.69. The fraction of sp³-hybridized carbons (Fsp3) is 0.714. The largest absolute Gasteiger partial charge is 0.392 e. The van der Waals surface area contributed by atoms with Crippen molar-refractivity contribution in [3.8, 4) is 0 Å². The number of hydrogen-bond donors (Lipinski definition) is 2. The maximum absolute atomic E-state index is 10.9. The van der Waals surface area contributed by atoms with Crippen molar-refractivity contribution in [3.05, 3.63) is 0 Å². The normalized spacial score (nSPS) is 12.7. The van der Waals surface area contributed by atoms with E-state index in [-0.39, 0.29) is 11.9 Å². The van der Waals surface area contributed by atoms with Crippen LogP contribution in [0.2, 0.25) is 0 Å². The highest BCUT2D eigenvalue weighted by Crippen LogP contribution is 1.94. The fourth-order valence-corrected chi connectivity index (χ4v) is 0.840. The molecule has 0 fully saturated rings. The molecule has 0 spiro atoms. The molecule has 70 valence electrons. The second-order valence-corrected chi connectivity index (χ2v) is 3.14. The van der Waals surface area contributed by atoms with Crippen molar-refractivity contribution in [1.82, 2.24) is 10.2 Å². The average molecular weight is 189 g/mol. The van der Waals surface area contributed by atoms with E-state index in [0.29, 0.717) is 11.5 Å². The predicted octanol–water partition coefficient (Wildman–Crippen LogP) is -0.661. The molecule has 0 aromatic carbocycles. The number of carbonyl (C=O) groups excluding carboxylic acids is 1. The van der Waals surface area contributed by atoms with Gasteiger partial charge in [0.2, 0.25) is 5.91 Å². The number of nitrogens with one attached hydrogen (secondary N) is 1. The molecule has 0 aliphatic carbocycles. The standard InChI is InChI=1S/C7H15N3OS/c1-5(7(8)12)10(3)4-6(11)9-2/h5H,4H2,1-3H3,(H2,8,12)(H,9,11). The van der Waals surface area contributed by atoms with Gasteiger partial charge in [-0.15, -0.1) is 0 Å². The molecular weight excluding hydrogens is 174 g/mol. The summed E-state index contributed by atoms with van der Waals surface area (Å²) in [6.45, 7) is 2.18. The lowest BCUT2D eigenvalue weighted by Gasteiger charge is -2.22. The molecule has 5 heteroatoms. The second-order valence-electron chi connectivity index (χ2n) is 2.67. The van der Waals surface area contributed by atoms with E-state index in [0.717, 1.165) is 0 Å². The van der Waals surface area contributed by atoms with Crippen molar-refractivity contribution in [2.24, 2.45) is 5.73 Å². The number of hydrogen-bond acceptors (Lipinski definition) is 3. The first-order valence-corrected chi connectivity index (χ1v) is 4.10. The molecule has 0 rings (SSSR count). The van der Waals surface area contributed by atoms with Gasteiger partial charge in [0.05, 0.1) is 17.6 Å². The van der Waals surface area contributed by atoms with Crippen molar-refractivity contribution >= 4 is 23.1 Å². The van der Waals surface area contributed by atoms with Gasteiger partial charge in [0, 0.05) is 7.05 Å². The minimum absolute atomic E-state index is 0.0411. The third-order valence-corrected chi connectivity index (χ3v) is 2.09. The van der Waals surface area contributed by atoms with Gasteiger partial charge in [-0.1, -0.05) is 12.2 Å². The average Bonchev–Trinajstić information content (AvgIpc) is 2.02. The summed E-state index contributed by atoms with van der Waals surface area (Å²) in [5.74, 6) is -0.0411. The van der Waals surface area contributed by atoms with E-state index in [2.05, 4.69) is 5.32 Å². The van der Waals surface area contributed by atoms with Gasteiger partial charge in [-0.2, -0.15) is 0 Å². The number of nitrogens with zero attached hydrogens (tertiary/aromatic N) is 1. The number of likely N-dealkylation sites (N-methyl/N-ethyl adjacent to an activating group) is 2. The van der Waals surface area contributed by atoms with Crippen LogP contribution in [0.25, 0.3) is 0 Å². The van der Waals surface area contributed by atoms with Crippen LogP contribution >= 0.6 is 12.2 Å². The van der Waals surface area contributed by atoms with Gasteiger partial charge in [-0.25, -0.2) is 0 Å². The monoisotopic (exact) mass is 189 g/mol. The molecule has 1 atom stereocenters. The van der Waals surface area contributed by atoms with Gasteiger partial charge in [0.15, 0.2) is 0 Å². The van der Waals surface area contributed by atoms with E-state index in [1.165, 1.54) is 0 Å². The lowest BCUT2D eigenvalue weighted by atomic mass is 10.3. The molecule has 1 amide bonds. The number of thiocarbonyl (C=S) groups is 1. The van der Waals surface area contributed by atoms with E-state index in [1.54, 1.807) is 19.0 Å². The molecule has 3 N–H and O–H groups in total. The number of amides is 1. The van der Waals surface area contributed by atoms with Gasteiger partial charge in [0.25, 0.3) is 0 Å². The summed E-state index contributed by atoms with van der Waals surface area (Å²) in [6.07, 6.45) is 0. The Morgan fingerprint density at radius 3 is 2.58 bits per heavy atom. The Hall–Kier alpha value is -0.680. The number of rotatable bonds is 4. The van der Waals surface area contributed by atoms with Crippen molar-refractivity contribution in [3.63, 3.8) is 0 Å². The Balaban J connectivity index is 3.94. The van der Waals surface area contributed by atoms with Crippen LogP contribution < -0.4 is 11.1 Å². The SMILES string of the molecule is CNC(=O)CN(C)C(C)C(N)=S. The zero-order valence-corrected chi connectivity index (χ0v) is 8.44. The molecule has 0 radical (unpaired) electrons. The Morgan fingerprint density at radius 2 is 2.25 bits per heavy atom. The lowest BCUT2D eigenvalue weighted by molar-refractivity contribution is -0.121. The van der Waals surface area contributed by atoms with E-state index < -0.39 is 0 Å². The van der Waals surface area contributed by atoms with Crippen molar-refractivity contribution in [2.45, 2.75) is 13.0 Å². The minimum atomic E-state index is -0.0442. The Morgan fingerprint density at radius 1 is 1.75 bits per heavy atom. The summed E-state index contributed by atoms with van der Waals surface area (Å²) in [7, 11) is 3.40. The summed E-state index contributed by atoms with van der Waals surface area (Å²) >= 11 is 4.79. The van der Waals surface area contributed by atoms with Crippen molar-refractivity contribution < 1.29 is 4.79 Å². The summed E-state index contributed by atoms with van der Waals surface area (Å²) < 4.78 is 0.